The molecule has 0 radical (unpaired) electrons. The van der Waals surface area contributed by atoms with Crippen LogP contribution in [-0.4, -0.2) is 49.3 Å². The van der Waals surface area contributed by atoms with Crippen LogP contribution in [0.1, 0.15) is 36.6 Å². The molecule has 0 atom stereocenters. The highest BCUT2D eigenvalue weighted by Crippen LogP contribution is 2.22. The summed E-state index contributed by atoms with van der Waals surface area (Å²) < 4.78 is 8.16. The summed E-state index contributed by atoms with van der Waals surface area (Å²) in [6.45, 7) is 6.85. The Bertz CT molecular complexity index is 692. The average Bonchev–Trinajstić information content (AvgIpc) is 3.21. The van der Waals surface area contributed by atoms with Gasteiger partial charge >= 0.3 is 0 Å². The smallest absolute Gasteiger partial charge is 0.235 e. The molecule has 0 N–H and O–H groups in total. The van der Waals surface area contributed by atoms with Gasteiger partial charge in [0.25, 0.3) is 0 Å². The second-order valence-electron chi connectivity index (χ2n) is 6.77. The summed E-state index contributed by atoms with van der Waals surface area (Å²) in [5, 5.41) is 8.67. The van der Waals surface area contributed by atoms with Gasteiger partial charge in [-0.2, -0.15) is 0 Å². The highest BCUT2D eigenvalue weighted by atomic mass is 16.5. The molecule has 0 aliphatic carbocycles. The van der Waals surface area contributed by atoms with Crippen LogP contribution < -0.4 is 4.74 Å². The molecule has 4 heterocycles. The van der Waals surface area contributed by atoms with Crippen molar-refractivity contribution in [3.63, 3.8) is 0 Å². The minimum absolute atomic E-state index is 0.590. The van der Waals surface area contributed by atoms with Gasteiger partial charge in [-0.05, 0) is 45.2 Å². The number of ether oxygens (including phenoxy) is 1. The summed E-state index contributed by atoms with van der Waals surface area (Å²) in [4.78, 5) is 10.9. The van der Waals surface area contributed by atoms with E-state index in [1.54, 1.807) is 12.4 Å². The van der Waals surface area contributed by atoms with Gasteiger partial charge in [-0.1, -0.05) is 0 Å². The van der Waals surface area contributed by atoms with E-state index in [4.69, 9.17) is 4.74 Å². The molecule has 2 aliphatic heterocycles. The molecule has 24 heavy (non-hydrogen) atoms. The summed E-state index contributed by atoms with van der Waals surface area (Å²) in [6.07, 6.45) is 7.97. The molecule has 2 aromatic heterocycles. The molecule has 7 nitrogen and oxygen atoms in total. The second-order valence-corrected chi connectivity index (χ2v) is 6.77. The van der Waals surface area contributed by atoms with Gasteiger partial charge in [-0.25, -0.2) is 4.98 Å². The van der Waals surface area contributed by atoms with E-state index < -0.39 is 0 Å². The minimum Gasteiger partial charge on any atom is -0.476 e. The lowest BCUT2D eigenvalue weighted by molar-refractivity contribution is 0.131. The Morgan fingerprint density at radius 2 is 1.96 bits per heavy atom. The van der Waals surface area contributed by atoms with E-state index in [9.17, 15) is 0 Å². The monoisotopic (exact) mass is 328 g/mol. The third-order valence-corrected chi connectivity index (χ3v) is 5.05. The van der Waals surface area contributed by atoms with Crippen LogP contribution in [0.2, 0.25) is 0 Å². The number of fused-ring (bicyclic) bond motifs is 1. The van der Waals surface area contributed by atoms with E-state index in [2.05, 4.69) is 29.6 Å². The van der Waals surface area contributed by atoms with Crippen molar-refractivity contribution in [3.05, 3.63) is 29.7 Å². The first-order valence-electron chi connectivity index (χ1n) is 8.83. The third kappa shape index (κ3) is 3.26. The number of nitrogens with zero attached hydrogens (tertiary/aromatic N) is 6. The zero-order chi connectivity index (χ0) is 16.4. The molecule has 0 saturated carbocycles. The van der Waals surface area contributed by atoms with Gasteiger partial charge in [-0.3, -0.25) is 9.88 Å². The fraction of sp³-hybridized carbons (Fsp3) is 0.647. The molecule has 1 saturated heterocycles. The number of aryl methyl sites for hydroxylation is 2. The van der Waals surface area contributed by atoms with Crippen molar-refractivity contribution in [1.29, 1.82) is 0 Å². The molecule has 1 fully saturated rings. The Hall–Kier alpha value is -2.02. The van der Waals surface area contributed by atoms with Crippen molar-refractivity contribution in [3.8, 4) is 5.88 Å². The van der Waals surface area contributed by atoms with Gasteiger partial charge in [-0.15, -0.1) is 10.2 Å². The van der Waals surface area contributed by atoms with Crippen LogP contribution in [0.4, 0.5) is 0 Å². The number of likely N-dealkylation sites (tertiary alicyclic amines) is 1. The normalized spacial score (nSPS) is 18.7. The molecule has 2 aliphatic rings. The van der Waals surface area contributed by atoms with Crippen molar-refractivity contribution in [2.75, 3.05) is 19.7 Å². The highest BCUT2D eigenvalue weighted by molar-refractivity contribution is 5.14. The molecule has 0 spiro atoms. The lowest BCUT2D eigenvalue weighted by atomic mass is 9.98. The fourth-order valence-corrected chi connectivity index (χ4v) is 3.57. The Morgan fingerprint density at radius 1 is 1.12 bits per heavy atom. The summed E-state index contributed by atoms with van der Waals surface area (Å²) >= 11 is 0. The molecule has 0 bridgehead atoms. The van der Waals surface area contributed by atoms with Crippen LogP contribution in [0.15, 0.2) is 12.4 Å². The van der Waals surface area contributed by atoms with Gasteiger partial charge < -0.3 is 9.30 Å². The molecule has 7 heteroatoms. The SMILES string of the molecule is Cc1nccnc1OCC1CCN(Cc2nnc3n2CCC3)CC1. The molecule has 0 aromatic carbocycles. The topological polar surface area (TPSA) is 69.0 Å². The summed E-state index contributed by atoms with van der Waals surface area (Å²) in [7, 11) is 0. The van der Waals surface area contributed by atoms with E-state index in [0.29, 0.717) is 11.8 Å². The highest BCUT2D eigenvalue weighted by Gasteiger charge is 2.23. The first-order valence-corrected chi connectivity index (χ1v) is 8.83. The summed E-state index contributed by atoms with van der Waals surface area (Å²) in [5.41, 5.74) is 0.857. The van der Waals surface area contributed by atoms with Crippen LogP contribution in [-0.2, 0) is 19.5 Å². The zero-order valence-electron chi connectivity index (χ0n) is 14.2. The number of hydrogen-bond acceptors (Lipinski definition) is 6. The number of piperidine rings is 1. The second kappa shape index (κ2) is 6.84. The molecule has 0 amide bonds. The van der Waals surface area contributed by atoms with Crippen LogP contribution in [0.25, 0.3) is 0 Å². The van der Waals surface area contributed by atoms with Gasteiger partial charge in [0.15, 0.2) is 0 Å². The predicted octanol–water partition coefficient (Wildman–Crippen LogP) is 1.61. The standard InChI is InChI=1S/C17H24N6O/c1-13-17(19-7-6-18-13)24-12-14-4-9-22(10-5-14)11-16-21-20-15-3-2-8-23(15)16/h6-7,14H,2-5,8-12H2,1H3. The van der Waals surface area contributed by atoms with Crippen molar-refractivity contribution >= 4 is 0 Å². The Kier molecular flexibility index (Phi) is 4.42. The van der Waals surface area contributed by atoms with Gasteiger partial charge in [0.2, 0.25) is 5.88 Å². The predicted molar refractivity (Wildman–Crippen MR) is 88.6 cm³/mol. The van der Waals surface area contributed by atoms with Crippen LogP contribution in [0.3, 0.4) is 0 Å². The van der Waals surface area contributed by atoms with E-state index in [0.717, 1.165) is 69.4 Å². The van der Waals surface area contributed by atoms with Gasteiger partial charge in [0.1, 0.15) is 11.6 Å². The number of rotatable bonds is 5. The zero-order valence-corrected chi connectivity index (χ0v) is 14.2. The Balaban J connectivity index is 1.25. The lowest BCUT2D eigenvalue weighted by Gasteiger charge is -2.31. The Morgan fingerprint density at radius 3 is 2.79 bits per heavy atom. The van der Waals surface area contributed by atoms with Crippen molar-refractivity contribution < 1.29 is 4.74 Å². The van der Waals surface area contributed by atoms with E-state index >= 15 is 0 Å². The van der Waals surface area contributed by atoms with Crippen molar-refractivity contribution in [2.45, 2.75) is 45.7 Å². The van der Waals surface area contributed by atoms with Crippen LogP contribution in [0, 0.1) is 12.8 Å². The molecule has 4 rings (SSSR count). The van der Waals surface area contributed by atoms with Crippen molar-refractivity contribution in [2.24, 2.45) is 5.92 Å². The quantitative estimate of drug-likeness (QED) is 0.831. The maximum atomic E-state index is 5.86. The average molecular weight is 328 g/mol. The number of aromatic nitrogens is 5. The number of hydrogen-bond donors (Lipinski definition) is 0. The van der Waals surface area contributed by atoms with E-state index in [1.165, 1.54) is 6.42 Å². The first-order chi connectivity index (χ1) is 11.8. The molecule has 2 aromatic rings. The maximum Gasteiger partial charge on any atom is 0.235 e. The summed E-state index contributed by atoms with van der Waals surface area (Å²) in [6, 6.07) is 0. The molecule has 0 unspecified atom stereocenters. The summed E-state index contributed by atoms with van der Waals surface area (Å²) in [5.74, 6) is 3.55. The lowest BCUT2D eigenvalue weighted by Crippen LogP contribution is -2.35. The van der Waals surface area contributed by atoms with Gasteiger partial charge in [0.05, 0.1) is 18.8 Å². The molecular weight excluding hydrogens is 304 g/mol. The fourth-order valence-electron chi connectivity index (χ4n) is 3.57. The van der Waals surface area contributed by atoms with Crippen LogP contribution >= 0.6 is 0 Å². The maximum absolute atomic E-state index is 5.86. The third-order valence-electron chi connectivity index (χ3n) is 5.05. The Labute approximate surface area is 142 Å². The minimum atomic E-state index is 0.590. The van der Waals surface area contributed by atoms with Crippen molar-refractivity contribution in [1.82, 2.24) is 29.6 Å². The molecule has 128 valence electrons. The first kappa shape index (κ1) is 15.5. The van der Waals surface area contributed by atoms with E-state index in [1.807, 2.05) is 6.92 Å². The van der Waals surface area contributed by atoms with Gasteiger partial charge in [0, 0.05) is 25.4 Å². The van der Waals surface area contributed by atoms with Crippen LogP contribution in [0.5, 0.6) is 5.88 Å². The van der Waals surface area contributed by atoms with E-state index in [-0.39, 0.29) is 0 Å². The molecular formula is C17H24N6O. The largest absolute Gasteiger partial charge is 0.476 e.